The third kappa shape index (κ3) is 4.33. The van der Waals surface area contributed by atoms with Crippen LogP contribution in [-0.2, 0) is 14.6 Å². The molecule has 90 valence electrons. The van der Waals surface area contributed by atoms with Gasteiger partial charge in [0.15, 0.2) is 9.84 Å². The van der Waals surface area contributed by atoms with E-state index in [1.54, 1.807) is 24.3 Å². The minimum Gasteiger partial charge on any atom is -0.381 e. The van der Waals surface area contributed by atoms with E-state index in [1.807, 2.05) is 13.0 Å². The molecule has 0 amide bonds. The molecule has 0 radical (unpaired) electrons. The van der Waals surface area contributed by atoms with Gasteiger partial charge in [0, 0.05) is 13.2 Å². The highest BCUT2D eigenvalue weighted by molar-refractivity contribution is 7.91. The van der Waals surface area contributed by atoms with Crippen molar-refractivity contribution in [3.05, 3.63) is 30.3 Å². The lowest BCUT2D eigenvalue weighted by molar-refractivity contribution is 0.136. The fourth-order valence-corrected chi connectivity index (χ4v) is 2.65. The Morgan fingerprint density at radius 3 is 2.44 bits per heavy atom. The number of hydrogen-bond acceptors (Lipinski definition) is 3. The van der Waals surface area contributed by atoms with Gasteiger partial charge in [0.1, 0.15) is 0 Å². The second-order valence-electron chi connectivity index (χ2n) is 3.60. The van der Waals surface area contributed by atoms with Crippen molar-refractivity contribution in [2.75, 3.05) is 19.0 Å². The van der Waals surface area contributed by atoms with Crippen molar-refractivity contribution >= 4 is 9.84 Å². The van der Waals surface area contributed by atoms with Gasteiger partial charge in [-0.2, -0.15) is 0 Å². The molecule has 16 heavy (non-hydrogen) atoms. The maximum atomic E-state index is 11.8. The van der Waals surface area contributed by atoms with E-state index >= 15 is 0 Å². The van der Waals surface area contributed by atoms with Gasteiger partial charge in [-0.3, -0.25) is 0 Å². The van der Waals surface area contributed by atoms with Gasteiger partial charge in [0.2, 0.25) is 0 Å². The molecule has 1 aromatic carbocycles. The predicted octanol–water partition coefficient (Wildman–Crippen LogP) is 2.28. The summed E-state index contributed by atoms with van der Waals surface area (Å²) in [5.41, 5.74) is 0. The summed E-state index contributed by atoms with van der Waals surface area (Å²) in [6.45, 7) is 3.24. The van der Waals surface area contributed by atoms with E-state index in [2.05, 4.69) is 0 Å². The summed E-state index contributed by atoms with van der Waals surface area (Å²) in [7, 11) is -3.13. The molecule has 0 N–H and O–H groups in total. The van der Waals surface area contributed by atoms with E-state index in [4.69, 9.17) is 4.74 Å². The first-order valence-electron chi connectivity index (χ1n) is 5.52. The lowest BCUT2D eigenvalue weighted by Gasteiger charge is -2.04. The molecule has 0 saturated carbocycles. The molecule has 0 saturated heterocycles. The minimum atomic E-state index is -3.13. The van der Waals surface area contributed by atoms with Gasteiger partial charge in [0.05, 0.1) is 10.6 Å². The average Bonchev–Trinajstić information content (AvgIpc) is 2.30. The first-order valence-corrected chi connectivity index (χ1v) is 7.17. The second-order valence-corrected chi connectivity index (χ2v) is 5.71. The van der Waals surface area contributed by atoms with Gasteiger partial charge in [-0.05, 0) is 25.0 Å². The van der Waals surface area contributed by atoms with Crippen LogP contribution in [0.3, 0.4) is 0 Å². The molecule has 0 aliphatic rings. The normalized spacial score (nSPS) is 11.6. The van der Waals surface area contributed by atoms with Crippen LogP contribution in [0.1, 0.15) is 19.8 Å². The van der Waals surface area contributed by atoms with Gasteiger partial charge < -0.3 is 4.74 Å². The summed E-state index contributed by atoms with van der Waals surface area (Å²) in [4.78, 5) is 0.394. The van der Waals surface area contributed by atoms with Crippen LogP contribution in [0.2, 0.25) is 0 Å². The Labute approximate surface area is 97.4 Å². The van der Waals surface area contributed by atoms with Crippen LogP contribution in [0, 0.1) is 0 Å². The topological polar surface area (TPSA) is 43.4 Å². The standard InChI is InChI=1S/C12H18O3S/c1-2-9-15-10-6-11-16(13,14)12-7-4-3-5-8-12/h3-5,7-8H,2,6,9-11H2,1H3. The van der Waals surface area contributed by atoms with Crippen molar-refractivity contribution in [1.29, 1.82) is 0 Å². The van der Waals surface area contributed by atoms with Crippen LogP contribution < -0.4 is 0 Å². The molecule has 0 atom stereocenters. The average molecular weight is 242 g/mol. The van der Waals surface area contributed by atoms with E-state index in [9.17, 15) is 8.42 Å². The maximum absolute atomic E-state index is 11.8. The molecule has 0 spiro atoms. The van der Waals surface area contributed by atoms with Crippen LogP contribution in [0.25, 0.3) is 0 Å². The van der Waals surface area contributed by atoms with Crippen LogP contribution >= 0.6 is 0 Å². The molecule has 3 nitrogen and oxygen atoms in total. The van der Waals surface area contributed by atoms with Gasteiger partial charge >= 0.3 is 0 Å². The van der Waals surface area contributed by atoms with E-state index in [-0.39, 0.29) is 5.75 Å². The van der Waals surface area contributed by atoms with E-state index in [0.29, 0.717) is 24.5 Å². The van der Waals surface area contributed by atoms with Crippen molar-refractivity contribution in [2.24, 2.45) is 0 Å². The fourth-order valence-electron chi connectivity index (χ4n) is 1.34. The van der Waals surface area contributed by atoms with E-state index in [1.165, 1.54) is 0 Å². The Morgan fingerprint density at radius 2 is 1.81 bits per heavy atom. The monoisotopic (exact) mass is 242 g/mol. The lowest BCUT2D eigenvalue weighted by Crippen LogP contribution is -2.09. The Kier molecular flexibility index (Phi) is 5.49. The number of rotatable bonds is 7. The molecular weight excluding hydrogens is 224 g/mol. The van der Waals surface area contributed by atoms with Crippen LogP contribution in [-0.4, -0.2) is 27.4 Å². The largest absolute Gasteiger partial charge is 0.381 e. The highest BCUT2D eigenvalue weighted by Crippen LogP contribution is 2.10. The number of benzene rings is 1. The zero-order valence-corrected chi connectivity index (χ0v) is 10.4. The summed E-state index contributed by atoms with van der Waals surface area (Å²) in [5.74, 6) is 0.153. The Bertz CT molecular complexity index is 384. The molecule has 0 unspecified atom stereocenters. The third-order valence-electron chi connectivity index (χ3n) is 2.15. The zero-order valence-electron chi connectivity index (χ0n) is 9.56. The van der Waals surface area contributed by atoms with E-state index < -0.39 is 9.84 Å². The fraction of sp³-hybridized carbons (Fsp3) is 0.500. The van der Waals surface area contributed by atoms with Gasteiger partial charge in [-0.1, -0.05) is 25.1 Å². The summed E-state index contributed by atoms with van der Waals surface area (Å²) in [5, 5.41) is 0. The molecular formula is C12H18O3S. The van der Waals surface area contributed by atoms with Crippen LogP contribution in [0.15, 0.2) is 35.2 Å². The lowest BCUT2D eigenvalue weighted by atomic mass is 10.4. The molecule has 0 aliphatic heterocycles. The smallest absolute Gasteiger partial charge is 0.178 e. The van der Waals surface area contributed by atoms with Crippen molar-refractivity contribution in [1.82, 2.24) is 0 Å². The number of hydrogen-bond donors (Lipinski definition) is 0. The first-order chi connectivity index (χ1) is 7.67. The summed E-state index contributed by atoms with van der Waals surface area (Å²) >= 11 is 0. The quantitative estimate of drug-likeness (QED) is 0.689. The van der Waals surface area contributed by atoms with Crippen molar-refractivity contribution in [2.45, 2.75) is 24.7 Å². The molecule has 4 heteroatoms. The molecule has 0 aromatic heterocycles. The highest BCUT2D eigenvalue weighted by atomic mass is 32.2. The van der Waals surface area contributed by atoms with Gasteiger partial charge in [-0.15, -0.1) is 0 Å². The highest BCUT2D eigenvalue weighted by Gasteiger charge is 2.12. The minimum absolute atomic E-state index is 0.153. The second kappa shape index (κ2) is 6.66. The number of ether oxygens (including phenoxy) is 1. The SMILES string of the molecule is CCCOCCCS(=O)(=O)c1ccccc1. The molecule has 0 bridgehead atoms. The summed E-state index contributed by atoms with van der Waals surface area (Å²) < 4.78 is 28.9. The first kappa shape index (κ1) is 13.2. The summed E-state index contributed by atoms with van der Waals surface area (Å²) in [6, 6.07) is 8.54. The number of sulfone groups is 1. The molecule has 0 heterocycles. The van der Waals surface area contributed by atoms with E-state index in [0.717, 1.165) is 6.42 Å². The van der Waals surface area contributed by atoms with Crippen molar-refractivity contribution in [3.8, 4) is 0 Å². The van der Waals surface area contributed by atoms with Crippen molar-refractivity contribution in [3.63, 3.8) is 0 Å². The predicted molar refractivity (Wildman–Crippen MR) is 64.2 cm³/mol. The Morgan fingerprint density at radius 1 is 1.12 bits per heavy atom. The molecule has 0 aliphatic carbocycles. The van der Waals surface area contributed by atoms with Gasteiger partial charge in [-0.25, -0.2) is 8.42 Å². The van der Waals surface area contributed by atoms with Crippen LogP contribution in [0.4, 0.5) is 0 Å². The molecule has 1 aromatic rings. The molecule has 1 rings (SSSR count). The Hall–Kier alpha value is -0.870. The zero-order chi connectivity index (χ0) is 11.9. The van der Waals surface area contributed by atoms with Crippen LogP contribution in [0.5, 0.6) is 0 Å². The van der Waals surface area contributed by atoms with Gasteiger partial charge in [0.25, 0.3) is 0 Å². The maximum Gasteiger partial charge on any atom is 0.178 e. The summed E-state index contributed by atoms with van der Waals surface area (Å²) in [6.07, 6.45) is 1.52. The Balaban J connectivity index is 2.41. The third-order valence-corrected chi connectivity index (χ3v) is 3.97. The molecule has 0 fully saturated rings. The van der Waals surface area contributed by atoms with Crippen molar-refractivity contribution < 1.29 is 13.2 Å².